The average Bonchev–Trinajstić information content (AvgIpc) is 2.98. The summed E-state index contributed by atoms with van der Waals surface area (Å²) in [5.41, 5.74) is 0. The number of amides is 1. The maximum Gasteiger partial charge on any atom is 0.311 e. The van der Waals surface area contributed by atoms with Gasteiger partial charge in [-0.3, -0.25) is 9.59 Å². The van der Waals surface area contributed by atoms with Crippen molar-refractivity contribution < 1.29 is 19.4 Å². The molecule has 0 aromatic rings. The number of hydrogen-bond acceptors (Lipinski definition) is 4. The second-order valence-electron chi connectivity index (χ2n) is 5.37. The maximum absolute atomic E-state index is 12.6. The van der Waals surface area contributed by atoms with Gasteiger partial charge in [0.1, 0.15) is 5.92 Å². The Balaban J connectivity index is 2.10. The number of carboxylic acid groups (broad SMARTS) is 1. The van der Waals surface area contributed by atoms with E-state index in [-0.39, 0.29) is 24.6 Å². The van der Waals surface area contributed by atoms with Gasteiger partial charge in [-0.05, 0) is 25.8 Å². The SMILES string of the molecule is CCN(C(=O)C1NCCC1C)C1COCC1C(=O)O. The van der Waals surface area contributed by atoms with Crippen LogP contribution in [0.4, 0.5) is 0 Å². The van der Waals surface area contributed by atoms with Gasteiger partial charge in [0.15, 0.2) is 0 Å². The van der Waals surface area contributed by atoms with E-state index in [1.807, 2.05) is 6.92 Å². The Kier molecular flexibility index (Phi) is 4.42. The highest BCUT2D eigenvalue weighted by molar-refractivity contribution is 5.84. The summed E-state index contributed by atoms with van der Waals surface area (Å²) >= 11 is 0. The standard InChI is InChI=1S/C13H22N2O4/c1-3-15(10-7-19-6-9(10)13(17)18)12(16)11-8(2)4-5-14-11/h8-11,14H,3-7H2,1-2H3,(H,17,18). The molecule has 19 heavy (non-hydrogen) atoms. The highest BCUT2D eigenvalue weighted by atomic mass is 16.5. The molecule has 4 atom stereocenters. The molecule has 2 N–H and O–H groups in total. The second kappa shape index (κ2) is 5.88. The lowest BCUT2D eigenvalue weighted by Crippen LogP contribution is -2.53. The minimum atomic E-state index is -0.888. The molecule has 4 unspecified atom stereocenters. The molecule has 108 valence electrons. The summed E-state index contributed by atoms with van der Waals surface area (Å²) in [4.78, 5) is 25.4. The number of likely N-dealkylation sites (N-methyl/N-ethyl adjacent to an activating group) is 1. The van der Waals surface area contributed by atoms with E-state index in [4.69, 9.17) is 4.74 Å². The minimum absolute atomic E-state index is 0.00856. The number of hydrogen-bond donors (Lipinski definition) is 2. The van der Waals surface area contributed by atoms with Crippen LogP contribution >= 0.6 is 0 Å². The molecular weight excluding hydrogens is 248 g/mol. The average molecular weight is 270 g/mol. The van der Waals surface area contributed by atoms with Gasteiger partial charge in [-0.2, -0.15) is 0 Å². The molecule has 0 saturated carbocycles. The predicted molar refractivity (Wildman–Crippen MR) is 68.7 cm³/mol. The van der Waals surface area contributed by atoms with E-state index in [0.29, 0.717) is 19.1 Å². The number of rotatable bonds is 4. The first-order chi connectivity index (χ1) is 9.06. The molecule has 2 aliphatic heterocycles. The molecule has 0 aromatic carbocycles. The Labute approximate surface area is 113 Å². The van der Waals surface area contributed by atoms with Crippen molar-refractivity contribution in [2.24, 2.45) is 11.8 Å². The Morgan fingerprint density at radius 1 is 1.42 bits per heavy atom. The monoisotopic (exact) mass is 270 g/mol. The van der Waals surface area contributed by atoms with E-state index in [1.165, 1.54) is 0 Å². The number of carbonyl (C=O) groups excluding carboxylic acids is 1. The molecule has 2 saturated heterocycles. The molecule has 1 amide bonds. The lowest BCUT2D eigenvalue weighted by Gasteiger charge is -2.32. The first kappa shape index (κ1) is 14.3. The van der Waals surface area contributed by atoms with Gasteiger partial charge in [0, 0.05) is 6.54 Å². The van der Waals surface area contributed by atoms with Crippen LogP contribution in [-0.4, -0.2) is 60.3 Å². The number of carboxylic acids is 1. The molecule has 0 aromatic heterocycles. The maximum atomic E-state index is 12.6. The molecule has 6 nitrogen and oxygen atoms in total. The molecule has 0 aliphatic carbocycles. The van der Waals surface area contributed by atoms with Gasteiger partial charge in [-0.15, -0.1) is 0 Å². The Bertz CT molecular complexity index is 361. The quantitative estimate of drug-likeness (QED) is 0.748. The van der Waals surface area contributed by atoms with E-state index in [1.54, 1.807) is 4.90 Å². The van der Waals surface area contributed by atoms with Gasteiger partial charge in [0.2, 0.25) is 5.91 Å². The zero-order chi connectivity index (χ0) is 14.0. The van der Waals surface area contributed by atoms with Crippen LogP contribution in [-0.2, 0) is 14.3 Å². The summed E-state index contributed by atoms with van der Waals surface area (Å²) in [7, 11) is 0. The van der Waals surface area contributed by atoms with Crippen LogP contribution in [0.1, 0.15) is 20.3 Å². The first-order valence-electron chi connectivity index (χ1n) is 6.90. The fraction of sp³-hybridized carbons (Fsp3) is 0.846. The molecule has 0 bridgehead atoms. The van der Waals surface area contributed by atoms with Crippen LogP contribution in [0, 0.1) is 11.8 Å². The summed E-state index contributed by atoms with van der Waals surface area (Å²) in [5, 5.41) is 12.4. The van der Waals surface area contributed by atoms with Crippen LogP contribution in [0.5, 0.6) is 0 Å². The number of aliphatic carboxylic acids is 1. The molecule has 2 rings (SSSR count). The molecule has 2 heterocycles. The highest BCUT2D eigenvalue weighted by Gasteiger charge is 2.42. The van der Waals surface area contributed by atoms with E-state index in [9.17, 15) is 14.7 Å². The van der Waals surface area contributed by atoms with Crippen molar-refractivity contribution in [3.8, 4) is 0 Å². The zero-order valence-corrected chi connectivity index (χ0v) is 11.5. The van der Waals surface area contributed by atoms with Crippen molar-refractivity contribution in [1.29, 1.82) is 0 Å². The largest absolute Gasteiger partial charge is 0.481 e. The number of nitrogens with zero attached hydrogens (tertiary/aromatic N) is 1. The van der Waals surface area contributed by atoms with Gasteiger partial charge < -0.3 is 20.1 Å². The smallest absolute Gasteiger partial charge is 0.311 e. The van der Waals surface area contributed by atoms with Crippen LogP contribution in [0.3, 0.4) is 0 Å². The van der Waals surface area contributed by atoms with Crippen LogP contribution in [0.25, 0.3) is 0 Å². The number of ether oxygens (including phenoxy) is 1. The molecule has 0 spiro atoms. The van der Waals surface area contributed by atoms with E-state index in [0.717, 1.165) is 13.0 Å². The van der Waals surface area contributed by atoms with Crippen LogP contribution in [0.2, 0.25) is 0 Å². The van der Waals surface area contributed by atoms with Gasteiger partial charge in [0.25, 0.3) is 0 Å². The Morgan fingerprint density at radius 2 is 2.16 bits per heavy atom. The highest BCUT2D eigenvalue weighted by Crippen LogP contribution is 2.23. The van der Waals surface area contributed by atoms with E-state index in [2.05, 4.69) is 12.2 Å². The van der Waals surface area contributed by atoms with Crippen molar-refractivity contribution in [2.75, 3.05) is 26.3 Å². The molecular formula is C13H22N2O4. The third-order valence-corrected chi connectivity index (χ3v) is 4.19. The summed E-state index contributed by atoms with van der Waals surface area (Å²) < 4.78 is 5.26. The van der Waals surface area contributed by atoms with Crippen molar-refractivity contribution in [1.82, 2.24) is 10.2 Å². The third-order valence-electron chi connectivity index (χ3n) is 4.19. The van der Waals surface area contributed by atoms with Crippen molar-refractivity contribution in [2.45, 2.75) is 32.4 Å². The minimum Gasteiger partial charge on any atom is -0.481 e. The topological polar surface area (TPSA) is 78.9 Å². The fourth-order valence-corrected chi connectivity index (χ4v) is 2.98. The predicted octanol–water partition coefficient (Wildman–Crippen LogP) is -0.0675. The number of carbonyl (C=O) groups is 2. The lowest BCUT2D eigenvalue weighted by molar-refractivity contribution is -0.145. The van der Waals surface area contributed by atoms with Crippen molar-refractivity contribution in [3.05, 3.63) is 0 Å². The third kappa shape index (κ3) is 2.74. The van der Waals surface area contributed by atoms with Crippen molar-refractivity contribution >= 4 is 11.9 Å². The first-order valence-corrected chi connectivity index (χ1v) is 6.90. The van der Waals surface area contributed by atoms with Gasteiger partial charge in [-0.1, -0.05) is 6.92 Å². The summed E-state index contributed by atoms with van der Waals surface area (Å²) in [6, 6.07) is -0.528. The Hall–Kier alpha value is -1.14. The van der Waals surface area contributed by atoms with Gasteiger partial charge >= 0.3 is 5.97 Å². The van der Waals surface area contributed by atoms with Crippen LogP contribution in [0.15, 0.2) is 0 Å². The number of nitrogens with one attached hydrogen (secondary N) is 1. The molecule has 2 aliphatic rings. The fourth-order valence-electron chi connectivity index (χ4n) is 2.98. The van der Waals surface area contributed by atoms with Gasteiger partial charge in [0.05, 0.1) is 25.3 Å². The molecule has 2 fully saturated rings. The Morgan fingerprint density at radius 3 is 2.68 bits per heavy atom. The summed E-state index contributed by atoms with van der Waals surface area (Å²) in [6.45, 7) is 5.81. The zero-order valence-electron chi connectivity index (χ0n) is 11.5. The lowest BCUT2D eigenvalue weighted by atomic mass is 9.98. The summed E-state index contributed by atoms with van der Waals surface area (Å²) in [6.07, 6.45) is 0.984. The van der Waals surface area contributed by atoms with Crippen LogP contribution < -0.4 is 5.32 Å². The molecule has 0 radical (unpaired) electrons. The van der Waals surface area contributed by atoms with E-state index >= 15 is 0 Å². The summed E-state index contributed by atoms with van der Waals surface area (Å²) in [5.74, 6) is -1.19. The van der Waals surface area contributed by atoms with E-state index < -0.39 is 11.9 Å². The second-order valence-corrected chi connectivity index (χ2v) is 5.37. The van der Waals surface area contributed by atoms with Crippen molar-refractivity contribution in [3.63, 3.8) is 0 Å². The molecule has 6 heteroatoms. The normalized spacial score (nSPS) is 34.4. The van der Waals surface area contributed by atoms with Gasteiger partial charge in [-0.25, -0.2) is 0 Å².